The van der Waals surface area contributed by atoms with Crippen LogP contribution in [-0.4, -0.2) is 5.91 Å². The summed E-state index contributed by atoms with van der Waals surface area (Å²) >= 11 is 5.91. The Kier molecular flexibility index (Phi) is 3.45. The van der Waals surface area contributed by atoms with Crippen LogP contribution in [0.15, 0.2) is 42.5 Å². The molecule has 2 aromatic carbocycles. The van der Waals surface area contributed by atoms with Crippen molar-refractivity contribution in [3.8, 4) is 0 Å². The molecule has 1 N–H and O–H groups in total. The summed E-state index contributed by atoms with van der Waals surface area (Å²) in [6.07, 6.45) is 1.75. The lowest BCUT2D eigenvalue weighted by Crippen LogP contribution is -2.28. The van der Waals surface area contributed by atoms with Crippen LogP contribution in [0.5, 0.6) is 0 Å². The van der Waals surface area contributed by atoms with Gasteiger partial charge in [-0.3, -0.25) is 4.79 Å². The minimum atomic E-state index is -0.596. The highest BCUT2D eigenvalue weighted by atomic mass is 35.5. The molecule has 1 amide bonds. The number of hydrogen-bond donors (Lipinski definition) is 1. The van der Waals surface area contributed by atoms with Crippen molar-refractivity contribution in [2.24, 2.45) is 0 Å². The molecule has 1 aliphatic carbocycles. The zero-order valence-electron chi connectivity index (χ0n) is 10.7. The summed E-state index contributed by atoms with van der Waals surface area (Å²) in [5.41, 5.74) is 2.25. The van der Waals surface area contributed by atoms with Crippen LogP contribution in [0.2, 0.25) is 5.02 Å². The molecule has 0 saturated carbocycles. The average Bonchev–Trinajstić information content (AvgIpc) is 2.82. The Morgan fingerprint density at radius 1 is 1.20 bits per heavy atom. The van der Waals surface area contributed by atoms with Gasteiger partial charge in [0, 0.05) is 0 Å². The molecule has 0 saturated heterocycles. The normalized spacial score (nSPS) is 16.8. The molecule has 0 heterocycles. The van der Waals surface area contributed by atoms with Crippen molar-refractivity contribution in [3.63, 3.8) is 0 Å². The predicted octanol–water partition coefficient (Wildman–Crippen LogP) is 3.90. The summed E-state index contributed by atoms with van der Waals surface area (Å²) in [5.74, 6) is -1.06. The van der Waals surface area contributed by atoms with Crippen molar-refractivity contribution in [1.82, 2.24) is 5.32 Å². The van der Waals surface area contributed by atoms with Crippen LogP contribution in [0.1, 0.15) is 33.9 Å². The SMILES string of the molecule is O=C(N[C@H]1CCc2ccccc21)c1c(F)cccc1Cl. The first-order valence-corrected chi connectivity index (χ1v) is 6.87. The second kappa shape index (κ2) is 5.25. The lowest BCUT2D eigenvalue weighted by molar-refractivity contribution is 0.0933. The van der Waals surface area contributed by atoms with Crippen LogP contribution < -0.4 is 5.32 Å². The summed E-state index contributed by atoms with van der Waals surface area (Å²) in [7, 11) is 0. The fourth-order valence-corrected chi connectivity index (χ4v) is 2.90. The molecule has 0 aromatic heterocycles. The molecule has 0 spiro atoms. The number of nitrogens with one attached hydrogen (secondary N) is 1. The number of carbonyl (C=O) groups is 1. The molecule has 2 nitrogen and oxygen atoms in total. The molecule has 0 radical (unpaired) electrons. The molecular weight excluding hydrogens is 277 g/mol. The quantitative estimate of drug-likeness (QED) is 0.893. The van der Waals surface area contributed by atoms with Crippen molar-refractivity contribution in [1.29, 1.82) is 0 Å². The summed E-state index contributed by atoms with van der Waals surface area (Å²) in [5, 5.41) is 3.00. The molecule has 102 valence electrons. The fraction of sp³-hybridized carbons (Fsp3) is 0.188. The maximum Gasteiger partial charge on any atom is 0.256 e. The second-order valence-corrected chi connectivity index (χ2v) is 5.27. The Bertz CT molecular complexity index is 651. The Morgan fingerprint density at radius 2 is 2.00 bits per heavy atom. The minimum absolute atomic E-state index is 0.0747. The number of carbonyl (C=O) groups excluding carboxylic acids is 1. The second-order valence-electron chi connectivity index (χ2n) is 4.86. The molecule has 0 aliphatic heterocycles. The van der Waals surface area contributed by atoms with E-state index in [2.05, 4.69) is 11.4 Å². The van der Waals surface area contributed by atoms with E-state index in [0.717, 1.165) is 18.4 Å². The van der Waals surface area contributed by atoms with Crippen LogP contribution in [0.25, 0.3) is 0 Å². The molecule has 0 unspecified atom stereocenters. The summed E-state index contributed by atoms with van der Waals surface area (Å²) in [6, 6.07) is 12.1. The van der Waals surface area contributed by atoms with Crippen molar-refractivity contribution >= 4 is 17.5 Å². The van der Waals surface area contributed by atoms with Gasteiger partial charge in [0.2, 0.25) is 0 Å². The molecule has 20 heavy (non-hydrogen) atoms. The van der Waals surface area contributed by atoms with Gasteiger partial charge in [0.25, 0.3) is 5.91 Å². The molecule has 1 aliphatic rings. The van der Waals surface area contributed by atoms with Crippen molar-refractivity contribution in [2.45, 2.75) is 18.9 Å². The van der Waals surface area contributed by atoms with Crippen molar-refractivity contribution < 1.29 is 9.18 Å². The van der Waals surface area contributed by atoms with Gasteiger partial charge in [-0.1, -0.05) is 41.9 Å². The van der Waals surface area contributed by atoms with Gasteiger partial charge < -0.3 is 5.32 Å². The molecule has 1 atom stereocenters. The lowest BCUT2D eigenvalue weighted by Gasteiger charge is -2.15. The van der Waals surface area contributed by atoms with Crippen LogP contribution in [0, 0.1) is 5.82 Å². The molecule has 2 aromatic rings. The minimum Gasteiger partial charge on any atom is -0.345 e. The molecule has 3 rings (SSSR count). The highest BCUT2D eigenvalue weighted by Crippen LogP contribution is 2.31. The maximum atomic E-state index is 13.7. The number of amides is 1. The third kappa shape index (κ3) is 2.29. The number of aryl methyl sites for hydroxylation is 1. The third-order valence-electron chi connectivity index (χ3n) is 3.63. The Morgan fingerprint density at radius 3 is 2.80 bits per heavy atom. The molecule has 4 heteroatoms. The average molecular weight is 290 g/mol. The van der Waals surface area contributed by atoms with Gasteiger partial charge >= 0.3 is 0 Å². The Balaban J connectivity index is 1.85. The van der Waals surface area contributed by atoms with Crippen LogP contribution >= 0.6 is 11.6 Å². The van der Waals surface area contributed by atoms with E-state index in [1.54, 1.807) is 0 Å². The first-order chi connectivity index (χ1) is 9.66. The van der Waals surface area contributed by atoms with Gasteiger partial charge in [-0.25, -0.2) is 4.39 Å². The number of halogens is 2. The highest BCUT2D eigenvalue weighted by molar-refractivity contribution is 6.33. The number of rotatable bonds is 2. The lowest BCUT2D eigenvalue weighted by atomic mass is 10.1. The molecular formula is C16H13ClFNO. The summed E-state index contributed by atoms with van der Waals surface area (Å²) in [4.78, 5) is 12.2. The van der Waals surface area contributed by atoms with Crippen LogP contribution in [-0.2, 0) is 6.42 Å². The van der Waals surface area contributed by atoms with Gasteiger partial charge in [0.05, 0.1) is 16.6 Å². The van der Waals surface area contributed by atoms with Gasteiger partial charge in [0.1, 0.15) is 5.82 Å². The van der Waals surface area contributed by atoms with Gasteiger partial charge in [-0.2, -0.15) is 0 Å². The molecule has 0 bridgehead atoms. The zero-order chi connectivity index (χ0) is 14.1. The Labute approximate surface area is 121 Å². The predicted molar refractivity (Wildman–Crippen MR) is 76.4 cm³/mol. The monoisotopic (exact) mass is 289 g/mol. The van der Waals surface area contributed by atoms with Crippen molar-refractivity contribution in [3.05, 3.63) is 70.0 Å². The largest absolute Gasteiger partial charge is 0.345 e. The fourth-order valence-electron chi connectivity index (χ4n) is 2.65. The number of benzene rings is 2. The topological polar surface area (TPSA) is 29.1 Å². The van der Waals surface area contributed by atoms with Crippen LogP contribution in [0.3, 0.4) is 0 Å². The van der Waals surface area contributed by atoms with E-state index in [4.69, 9.17) is 11.6 Å². The van der Waals surface area contributed by atoms with E-state index < -0.39 is 11.7 Å². The maximum absolute atomic E-state index is 13.7. The molecule has 0 fully saturated rings. The number of hydrogen-bond acceptors (Lipinski definition) is 1. The van der Waals surface area contributed by atoms with Crippen molar-refractivity contribution in [2.75, 3.05) is 0 Å². The van der Waals surface area contributed by atoms with Gasteiger partial charge in [0.15, 0.2) is 0 Å². The smallest absolute Gasteiger partial charge is 0.256 e. The summed E-state index contributed by atoms with van der Waals surface area (Å²) in [6.45, 7) is 0. The van der Waals surface area contributed by atoms with Gasteiger partial charge in [-0.15, -0.1) is 0 Å². The highest BCUT2D eigenvalue weighted by Gasteiger charge is 2.25. The van der Waals surface area contributed by atoms with E-state index in [1.807, 2.05) is 18.2 Å². The summed E-state index contributed by atoms with van der Waals surface area (Å²) < 4.78 is 13.7. The van der Waals surface area contributed by atoms with Gasteiger partial charge in [-0.05, 0) is 36.1 Å². The van der Waals surface area contributed by atoms with E-state index in [1.165, 1.54) is 23.8 Å². The zero-order valence-corrected chi connectivity index (χ0v) is 11.5. The van der Waals surface area contributed by atoms with E-state index in [-0.39, 0.29) is 16.6 Å². The van der Waals surface area contributed by atoms with Crippen LogP contribution in [0.4, 0.5) is 4.39 Å². The van der Waals surface area contributed by atoms with E-state index in [0.29, 0.717) is 0 Å². The van der Waals surface area contributed by atoms with E-state index in [9.17, 15) is 9.18 Å². The Hall–Kier alpha value is -1.87. The first kappa shape index (κ1) is 13.1. The third-order valence-corrected chi connectivity index (χ3v) is 3.94. The first-order valence-electron chi connectivity index (χ1n) is 6.49. The standard InChI is InChI=1S/C16H13ClFNO/c17-12-6-3-7-13(18)15(12)16(20)19-14-9-8-10-4-1-2-5-11(10)14/h1-7,14H,8-9H2,(H,19,20)/t14-/m0/s1. The van der Waals surface area contributed by atoms with E-state index >= 15 is 0 Å². The number of fused-ring (bicyclic) bond motifs is 1.